The van der Waals surface area contributed by atoms with Gasteiger partial charge >= 0.3 is 0 Å². The summed E-state index contributed by atoms with van der Waals surface area (Å²) in [5, 5.41) is 0. The first-order valence-electron chi connectivity index (χ1n) is 6.24. The second kappa shape index (κ2) is 5.13. The fourth-order valence-electron chi connectivity index (χ4n) is 2.83. The molecule has 0 unspecified atom stereocenters. The van der Waals surface area contributed by atoms with Crippen LogP contribution in [0.5, 0.6) is 0 Å². The first kappa shape index (κ1) is 12.5. The predicted molar refractivity (Wildman–Crippen MR) is 65.4 cm³/mol. The van der Waals surface area contributed by atoms with Gasteiger partial charge in [-0.3, -0.25) is 0 Å². The van der Waals surface area contributed by atoms with Gasteiger partial charge in [0.05, 0.1) is 0 Å². The molecule has 3 heteroatoms. The third kappa shape index (κ3) is 2.65. The Morgan fingerprint density at radius 1 is 1.12 bits per heavy atom. The van der Waals surface area contributed by atoms with E-state index in [9.17, 15) is 8.78 Å². The van der Waals surface area contributed by atoms with Crippen molar-refractivity contribution in [1.29, 1.82) is 0 Å². The van der Waals surface area contributed by atoms with E-state index in [1.54, 1.807) is 0 Å². The fraction of sp³-hybridized carbons (Fsp3) is 0.571. The molecule has 1 nitrogen and oxygen atoms in total. The summed E-state index contributed by atoms with van der Waals surface area (Å²) in [7, 11) is 0. The molecular formula is C14H19F2N. The molecule has 0 aliphatic heterocycles. The van der Waals surface area contributed by atoms with E-state index in [-0.39, 0.29) is 11.8 Å². The standard InChI is InChI=1S/C14H19F2N/c15-13(16)9-11-3-5-12(6-4-11)14(10-17)7-1-2-8-14/h3-6,13H,1-2,7-10,17H2. The fourth-order valence-corrected chi connectivity index (χ4v) is 2.83. The van der Waals surface area contributed by atoms with Crippen molar-refractivity contribution in [3.8, 4) is 0 Å². The van der Waals surface area contributed by atoms with Crippen molar-refractivity contribution in [2.45, 2.75) is 43.9 Å². The first-order valence-corrected chi connectivity index (χ1v) is 6.24. The number of alkyl halides is 2. The van der Waals surface area contributed by atoms with E-state index in [2.05, 4.69) is 0 Å². The van der Waals surface area contributed by atoms with Crippen LogP contribution in [0.1, 0.15) is 36.8 Å². The summed E-state index contributed by atoms with van der Waals surface area (Å²) >= 11 is 0. The Kier molecular flexibility index (Phi) is 3.77. The van der Waals surface area contributed by atoms with E-state index in [1.807, 2.05) is 24.3 Å². The number of hydrogen-bond donors (Lipinski definition) is 1. The molecule has 0 aromatic heterocycles. The van der Waals surface area contributed by atoms with Gasteiger partial charge in [-0.05, 0) is 24.0 Å². The quantitative estimate of drug-likeness (QED) is 0.857. The minimum atomic E-state index is -2.27. The van der Waals surface area contributed by atoms with Gasteiger partial charge in [0, 0.05) is 18.4 Å². The average molecular weight is 239 g/mol. The minimum Gasteiger partial charge on any atom is -0.330 e. The molecule has 0 atom stereocenters. The van der Waals surface area contributed by atoms with Crippen LogP contribution in [0, 0.1) is 0 Å². The van der Waals surface area contributed by atoms with Crippen LogP contribution >= 0.6 is 0 Å². The first-order chi connectivity index (χ1) is 8.16. The van der Waals surface area contributed by atoms with E-state index in [1.165, 1.54) is 18.4 Å². The highest BCUT2D eigenvalue weighted by molar-refractivity contribution is 5.31. The molecule has 1 aliphatic rings. The highest BCUT2D eigenvalue weighted by Crippen LogP contribution is 2.40. The third-order valence-corrected chi connectivity index (χ3v) is 3.91. The summed E-state index contributed by atoms with van der Waals surface area (Å²) in [5.74, 6) is 0. The monoisotopic (exact) mass is 239 g/mol. The number of nitrogens with two attached hydrogens (primary N) is 1. The Bertz CT molecular complexity index is 353. The predicted octanol–water partition coefficient (Wildman–Crippen LogP) is 3.26. The van der Waals surface area contributed by atoms with Gasteiger partial charge in [-0.1, -0.05) is 37.1 Å². The van der Waals surface area contributed by atoms with Crippen LogP contribution in [0.3, 0.4) is 0 Å². The maximum absolute atomic E-state index is 12.2. The van der Waals surface area contributed by atoms with Crippen molar-refractivity contribution in [2.75, 3.05) is 6.54 Å². The Hall–Kier alpha value is -0.960. The Balaban J connectivity index is 2.16. The maximum atomic E-state index is 12.2. The molecule has 1 aromatic rings. The van der Waals surface area contributed by atoms with E-state index in [4.69, 9.17) is 5.73 Å². The smallest absolute Gasteiger partial charge is 0.242 e. The van der Waals surface area contributed by atoms with Crippen molar-refractivity contribution < 1.29 is 8.78 Å². The van der Waals surface area contributed by atoms with Gasteiger partial charge < -0.3 is 5.73 Å². The lowest BCUT2D eigenvalue weighted by molar-refractivity contribution is 0.149. The SMILES string of the molecule is NCC1(c2ccc(CC(F)F)cc2)CCCC1. The lowest BCUT2D eigenvalue weighted by Gasteiger charge is -2.28. The van der Waals surface area contributed by atoms with Crippen LogP contribution in [-0.4, -0.2) is 13.0 Å². The summed E-state index contributed by atoms with van der Waals surface area (Å²) in [6.07, 6.45) is 2.26. The van der Waals surface area contributed by atoms with Gasteiger partial charge in [0.2, 0.25) is 6.43 Å². The average Bonchev–Trinajstić information content (AvgIpc) is 2.79. The van der Waals surface area contributed by atoms with Crippen LogP contribution < -0.4 is 5.73 Å². The molecule has 17 heavy (non-hydrogen) atoms. The van der Waals surface area contributed by atoms with E-state index in [0.717, 1.165) is 12.8 Å². The van der Waals surface area contributed by atoms with Gasteiger partial charge in [0.15, 0.2) is 0 Å². The Labute approximate surface area is 101 Å². The molecule has 1 fully saturated rings. The van der Waals surface area contributed by atoms with Crippen LogP contribution in [0.25, 0.3) is 0 Å². The van der Waals surface area contributed by atoms with Gasteiger partial charge in [-0.25, -0.2) is 8.78 Å². The highest BCUT2D eigenvalue weighted by atomic mass is 19.3. The third-order valence-electron chi connectivity index (χ3n) is 3.91. The van der Waals surface area contributed by atoms with Crippen molar-refractivity contribution >= 4 is 0 Å². The zero-order valence-corrected chi connectivity index (χ0v) is 9.96. The summed E-state index contributed by atoms with van der Waals surface area (Å²) in [4.78, 5) is 0. The van der Waals surface area contributed by atoms with Crippen LogP contribution in [0.2, 0.25) is 0 Å². The summed E-state index contributed by atoms with van der Waals surface area (Å²) in [5.41, 5.74) is 7.92. The molecule has 1 aromatic carbocycles. The lowest BCUT2D eigenvalue weighted by atomic mass is 9.79. The molecular weight excluding hydrogens is 220 g/mol. The Morgan fingerprint density at radius 3 is 2.18 bits per heavy atom. The lowest BCUT2D eigenvalue weighted by Crippen LogP contribution is -2.31. The second-order valence-electron chi connectivity index (χ2n) is 4.98. The zero-order chi connectivity index (χ0) is 12.3. The number of benzene rings is 1. The van der Waals surface area contributed by atoms with Crippen molar-refractivity contribution in [3.05, 3.63) is 35.4 Å². The molecule has 2 rings (SSSR count). The number of hydrogen-bond acceptors (Lipinski definition) is 1. The molecule has 2 N–H and O–H groups in total. The van der Waals surface area contributed by atoms with Crippen LogP contribution in [0.15, 0.2) is 24.3 Å². The van der Waals surface area contributed by atoms with Crippen molar-refractivity contribution in [1.82, 2.24) is 0 Å². The van der Waals surface area contributed by atoms with Crippen molar-refractivity contribution in [3.63, 3.8) is 0 Å². The number of halogens is 2. The molecule has 1 aliphatic carbocycles. The molecule has 1 saturated carbocycles. The maximum Gasteiger partial charge on any atom is 0.242 e. The number of rotatable bonds is 4. The molecule has 0 heterocycles. The van der Waals surface area contributed by atoms with E-state index < -0.39 is 6.43 Å². The second-order valence-corrected chi connectivity index (χ2v) is 4.98. The van der Waals surface area contributed by atoms with Crippen LogP contribution in [-0.2, 0) is 11.8 Å². The van der Waals surface area contributed by atoms with Crippen LogP contribution in [0.4, 0.5) is 8.78 Å². The zero-order valence-electron chi connectivity index (χ0n) is 9.96. The Morgan fingerprint density at radius 2 is 1.71 bits per heavy atom. The molecule has 0 bridgehead atoms. The van der Waals surface area contributed by atoms with Gasteiger partial charge in [0.1, 0.15) is 0 Å². The molecule has 0 spiro atoms. The van der Waals surface area contributed by atoms with E-state index >= 15 is 0 Å². The topological polar surface area (TPSA) is 26.0 Å². The molecule has 0 saturated heterocycles. The normalized spacial score (nSPS) is 18.8. The van der Waals surface area contributed by atoms with E-state index in [0.29, 0.717) is 12.1 Å². The molecule has 0 amide bonds. The van der Waals surface area contributed by atoms with Crippen molar-refractivity contribution in [2.24, 2.45) is 5.73 Å². The van der Waals surface area contributed by atoms with Gasteiger partial charge in [-0.2, -0.15) is 0 Å². The minimum absolute atomic E-state index is 0.101. The van der Waals surface area contributed by atoms with Gasteiger partial charge in [0.25, 0.3) is 0 Å². The molecule has 0 radical (unpaired) electrons. The summed E-state index contributed by atoms with van der Waals surface area (Å²) in [6, 6.07) is 7.60. The van der Waals surface area contributed by atoms with Gasteiger partial charge in [-0.15, -0.1) is 0 Å². The largest absolute Gasteiger partial charge is 0.330 e. The highest BCUT2D eigenvalue weighted by Gasteiger charge is 2.33. The molecule has 94 valence electrons. The summed E-state index contributed by atoms with van der Waals surface area (Å²) in [6.45, 7) is 0.654. The summed E-state index contributed by atoms with van der Waals surface area (Å²) < 4.78 is 24.5.